The van der Waals surface area contributed by atoms with Crippen LogP contribution in [0.2, 0.25) is 0 Å². The van der Waals surface area contributed by atoms with Crippen molar-refractivity contribution in [1.29, 1.82) is 0 Å². The lowest BCUT2D eigenvalue weighted by Crippen LogP contribution is -2.60. The van der Waals surface area contributed by atoms with Gasteiger partial charge in [0.15, 0.2) is 17.3 Å². The molecule has 21 nitrogen and oxygen atoms in total. The number of fused-ring (bicyclic) bond motifs is 1. The summed E-state index contributed by atoms with van der Waals surface area (Å²) in [6.07, 6.45) is -19.2. The van der Waals surface area contributed by atoms with E-state index in [9.17, 15) is 60.3 Å². The Balaban J connectivity index is 1.50. The lowest BCUT2D eigenvalue weighted by atomic mass is 9.98. The highest BCUT2D eigenvalue weighted by Gasteiger charge is 2.47. The summed E-state index contributed by atoms with van der Waals surface area (Å²) in [5.74, 6) is -4.27. The number of aliphatic hydroxyl groups is 8. The van der Waals surface area contributed by atoms with E-state index in [1.54, 1.807) is 0 Å². The van der Waals surface area contributed by atoms with Gasteiger partial charge < -0.3 is 88.6 Å². The second-order valence-corrected chi connectivity index (χ2v) is 13.3. The number of aromatic hydroxyl groups is 1. The number of rotatable bonds is 14. The first-order chi connectivity index (χ1) is 26.4. The van der Waals surface area contributed by atoms with Crippen LogP contribution in [0.3, 0.4) is 0 Å². The normalized spacial score (nSPS) is 28.9. The van der Waals surface area contributed by atoms with E-state index in [1.165, 1.54) is 38.5 Å². The van der Waals surface area contributed by atoms with Crippen molar-refractivity contribution in [3.63, 3.8) is 0 Å². The van der Waals surface area contributed by atoms with Crippen molar-refractivity contribution in [2.45, 2.75) is 86.8 Å². The molecule has 1 unspecified atom stereocenters. The Labute approximate surface area is 315 Å². The molecule has 0 radical (unpaired) electrons. The molecule has 0 bridgehead atoms. The zero-order valence-electron chi connectivity index (χ0n) is 30.0. The smallest absolute Gasteiger partial charge is 0.308 e. The molecule has 308 valence electrons. The summed E-state index contributed by atoms with van der Waals surface area (Å²) in [5.41, 5.74) is -3.20. The maximum atomic E-state index is 14.1. The van der Waals surface area contributed by atoms with Gasteiger partial charge in [-0.2, -0.15) is 0 Å². The Morgan fingerprint density at radius 3 is 2.04 bits per heavy atom. The van der Waals surface area contributed by atoms with Crippen LogP contribution in [-0.4, -0.2) is 157 Å². The fourth-order valence-corrected chi connectivity index (χ4v) is 6.06. The quantitative estimate of drug-likeness (QED) is 0.0767. The molecule has 2 saturated heterocycles. The Morgan fingerprint density at radius 1 is 0.804 bits per heavy atom. The molecule has 10 N–H and O–H groups in total. The molecule has 2 aliphatic heterocycles. The number of carboxylic acids is 1. The predicted molar refractivity (Wildman–Crippen MR) is 183 cm³/mol. The second-order valence-electron chi connectivity index (χ2n) is 13.3. The molecule has 2 aromatic carbocycles. The molecule has 11 atom stereocenters. The van der Waals surface area contributed by atoms with Crippen LogP contribution in [-0.2, 0) is 23.8 Å². The van der Waals surface area contributed by atoms with Gasteiger partial charge in [-0.25, -0.2) is 0 Å². The number of carbonyl (C=O) groups is 2. The molecule has 0 aliphatic carbocycles. The molecule has 2 aliphatic rings. The minimum Gasteiger partial charge on any atom is -0.507 e. The van der Waals surface area contributed by atoms with Gasteiger partial charge in [-0.3, -0.25) is 14.4 Å². The molecule has 0 saturated carbocycles. The number of hydrogen-bond acceptors (Lipinski definition) is 20. The summed E-state index contributed by atoms with van der Waals surface area (Å²) >= 11 is 0. The molecule has 1 aromatic heterocycles. The van der Waals surface area contributed by atoms with Crippen molar-refractivity contribution in [3.8, 4) is 40.1 Å². The van der Waals surface area contributed by atoms with Gasteiger partial charge in [-0.05, 0) is 25.1 Å². The van der Waals surface area contributed by atoms with E-state index in [-0.39, 0.29) is 34.2 Å². The molecule has 5 rings (SSSR count). The fourth-order valence-electron chi connectivity index (χ4n) is 6.06. The number of methoxy groups -OCH3 is 2. The van der Waals surface area contributed by atoms with Crippen LogP contribution < -0.4 is 24.4 Å². The highest BCUT2D eigenvalue weighted by Crippen LogP contribution is 2.41. The fraction of sp³-hybridized carbons (Fsp3) is 0.514. The number of benzene rings is 2. The third-order valence-corrected chi connectivity index (χ3v) is 9.03. The molecular formula is C35H42O21. The van der Waals surface area contributed by atoms with Crippen LogP contribution in [0, 0.1) is 0 Å². The summed E-state index contributed by atoms with van der Waals surface area (Å²) in [6, 6.07) is 6.26. The van der Waals surface area contributed by atoms with E-state index in [4.69, 9.17) is 42.7 Å². The molecule has 21 heteroatoms. The molecule has 3 heterocycles. The van der Waals surface area contributed by atoms with Crippen molar-refractivity contribution in [2.75, 3.05) is 27.4 Å². The Kier molecular flexibility index (Phi) is 13.0. The van der Waals surface area contributed by atoms with Gasteiger partial charge in [0.1, 0.15) is 77.9 Å². The summed E-state index contributed by atoms with van der Waals surface area (Å²) < 4.78 is 44.3. The van der Waals surface area contributed by atoms with Crippen LogP contribution in [0.4, 0.5) is 0 Å². The Bertz CT molecular complexity index is 1940. The highest BCUT2D eigenvalue weighted by molar-refractivity contribution is 5.88. The van der Waals surface area contributed by atoms with Crippen molar-refractivity contribution in [2.24, 2.45) is 0 Å². The maximum absolute atomic E-state index is 14.1. The minimum atomic E-state index is -2.05. The molecule has 2 fully saturated rings. The summed E-state index contributed by atoms with van der Waals surface area (Å²) in [4.78, 5) is 37.5. The molecule has 56 heavy (non-hydrogen) atoms. The van der Waals surface area contributed by atoms with Gasteiger partial charge in [0.05, 0.1) is 39.3 Å². The maximum Gasteiger partial charge on any atom is 0.308 e. The van der Waals surface area contributed by atoms with Crippen molar-refractivity contribution >= 4 is 22.9 Å². The largest absolute Gasteiger partial charge is 0.507 e. The number of ether oxygens (including phenoxy) is 7. The van der Waals surface area contributed by atoms with Crippen LogP contribution in [0.1, 0.15) is 19.8 Å². The number of phenols is 1. The first-order valence-electron chi connectivity index (χ1n) is 16.9. The number of phenolic OH excluding ortho intramolecular Hbond substituents is 1. The first-order valence-corrected chi connectivity index (χ1v) is 16.9. The van der Waals surface area contributed by atoms with Gasteiger partial charge in [-0.1, -0.05) is 0 Å². The number of hydrogen-bond donors (Lipinski definition) is 10. The lowest BCUT2D eigenvalue weighted by Gasteiger charge is -2.40. The van der Waals surface area contributed by atoms with Gasteiger partial charge >= 0.3 is 11.9 Å². The zero-order chi connectivity index (χ0) is 41.2. The number of esters is 1. The summed E-state index contributed by atoms with van der Waals surface area (Å²) in [7, 11) is 2.53. The predicted octanol–water partition coefficient (Wildman–Crippen LogP) is -2.29. The van der Waals surface area contributed by atoms with E-state index in [2.05, 4.69) is 0 Å². The lowest BCUT2D eigenvalue weighted by molar-refractivity contribution is -0.278. The highest BCUT2D eigenvalue weighted by atomic mass is 16.7. The van der Waals surface area contributed by atoms with Crippen molar-refractivity contribution in [3.05, 3.63) is 40.6 Å². The number of carboxylic acid groups (broad SMARTS) is 1. The van der Waals surface area contributed by atoms with Crippen LogP contribution in [0.25, 0.3) is 22.3 Å². The van der Waals surface area contributed by atoms with Gasteiger partial charge in [-0.15, -0.1) is 0 Å². The Morgan fingerprint density at radius 2 is 1.43 bits per heavy atom. The monoisotopic (exact) mass is 798 g/mol. The average Bonchev–Trinajstić information content (AvgIpc) is 3.14. The average molecular weight is 799 g/mol. The zero-order valence-corrected chi connectivity index (χ0v) is 30.0. The standard InChI is InChI=1S/C35H42O21/c1-35(48,9-21(38)39)10-22(40)51-12-20-25(42)28(45)30(47)34(55-20)56-32-26(43)23-15(37)7-14(49-2)8-18(23)52-31(32)13-4-5-16(17(6-13)50-3)53-33-29(46)27(44)24(41)19(11-36)54-33/h4-8,19-20,24-25,27-30,33-34,36-37,41-42,44-48H,9-12H2,1-3H3,(H,38,39)/t19-,20-,24-,25-,27+,28+,29-,30-,33-,34+,35?/m1/s1. The van der Waals surface area contributed by atoms with Crippen molar-refractivity contribution < 1.29 is 98.2 Å². The second kappa shape index (κ2) is 17.1. The number of aliphatic hydroxyl groups excluding tert-OH is 7. The molecular weight excluding hydrogens is 756 g/mol. The van der Waals surface area contributed by atoms with Gasteiger partial charge in [0.2, 0.25) is 23.8 Å². The van der Waals surface area contributed by atoms with E-state index < -0.39 is 127 Å². The van der Waals surface area contributed by atoms with Crippen LogP contribution >= 0.6 is 0 Å². The van der Waals surface area contributed by atoms with E-state index >= 15 is 0 Å². The SMILES string of the molecule is COc1cc(O)c2c(=O)c(O[C@@H]3O[C@H](COC(=O)CC(C)(O)CC(=O)O)[C@@H](O)[C@H](O)[C@H]3O)c(-c3ccc(O[C@@H]4O[C@H](CO)[C@@H](O)[C@H](O)[C@H]4O)c(OC)c3)oc2c1. The molecule has 0 amide bonds. The summed E-state index contributed by atoms with van der Waals surface area (Å²) in [6.45, 7) is -0.418. The molecule has 0 spiro atoms. The number of aliphatic carboxylic acids is 1. The third kappa shape index (κ3) is 8.92. The van der Waals surface area contributed by atoms with Gasteiger partial charge in [0.25, 0.3) is 0 Å². The van der Waals surface area contributed by atoms with Crippen LogP contribution in [0.15, 0.2) is 39.5 Å². The topological polar surface area (TPSA) is 331 Å². The van der Waals surface area contributed by atoms with Gasteiger partial charge in [0, 0.05) is 17.7 Å². The summed E-state index contributed by atoms with van der Waals surface area (Å²) in [5, 5.41) is 102. The molecule has 3 aromatic rings. The van der Waals surface area contributed by atoms with E-state index in [0.717, 1.165) is 13.0 Å². The first kappa shape index (κ1) is 42.3. The van der Waals surface area contributed by atoms with Crippen LogP contribution in [0.5, 0.6) is 28.7 Å². The van der Waals surface area contributed by atoms with E-state index in [0.29, 0.717) is 0 Å². The minimum absolute atomic E-state index is 0.0177. The third-order valence-electron chi connectivity index (χ3n) is 9.03. The number of carbonyl (C=O) groups excluding carboxylic acids is 1. The van der Waals surface area contributed by atoms with E-state index in [1.807, 2.05) is 0 Å². The van der Waals surface area contributed by atoms with Crippen molar-refractivity contribution in [1.82, 2.24) is 0 Å². The Hall–Kier alpha value is -4.81.